The van der Waals surface area contributed by atoms with Gasteiger partial charge in [-0.05, 0) is 58.7 Å². The molecule has 0 saturated carbocycles. The molecule has 2 aromatic carbocycles. The van der Waals surface area contributed by atoms with Crippen molar-refractivity contribution in [3.63, 3.8) is 0 Å². The van der Waals surface area contributed by atoms with Gasteiger partial charge in [0, 0.05) is 15.7 Å². The maximum atomic E-state index is 13.5. The molecule has 0 radical (unpaired) electrons. The van der Waals surface area contributed by atoms with Crippen molar-refractivity contribution in [2.24, 2.45) is 0 Å². The summed E-state index contributed by atoms with van der Waals surface area (Å²) < 4.78 is 14.2. The Labute approximate surface area is 118 Å². The van der Waals surface area contributed by atoms with E-state index < -0.39 is 5.82 Å². The molecule has 0 aliphatic rings. The topological polar surface area (TPSA) is 55.1 Å². The molecular formula is C14H12BrFN2O. The number of anilines is 2. The van der Waals surface area contributed by atoms with Crippen LogP contribution in [0.15, 0.2) is 40.9 Å². The molecule has 0 saturated heterocycles. The van der Waals surface area contributed by atoms with Crippen molar-refractivity contribution in [3.05, 3.63) is 57.8 Å². The van der Waals surface area contributed by atoms with Crippen molar-refractivity contribution in [1.29, 1.82) is 0 Å². The maximum absolute atomic E-state index is 13.5. The van der Waals surface area contributed by atoms with E-state index in [1.165, 1.54) is 6.07 Å². The first-order chi connectivity index (χ1) is 8.97. The summed E-state index contributed by atoms with van der Waals surface area (Å²) in [6.07, 6.45) is 0. The molecule has 0 spiro atoms. The van der Waals surface area contributed by atoms with Gasteiger partial charge in [-0.25, -0.2) is 4.39 Å². The van der Waals surface area contributed by atoms with Crippen molar-refractivity contribution in [2.45, 2.75) is 6.92 Å². The Balaban J connectivity index is 2.25. The molecule has 0 heterocycles. The minimum absolute atomic E-state index is 0.165. The first-order valence-corrected chi connectivity index (χ1v) is 6.39. The van der Waals surface area contributed by atoms with E-state index in [-0.39, 0.29) is 11.6 Å². The van der Waals surface area contributed by atoms with Gasteiger partial charge in [-0.1, -0.05) is 6.07 Å². The Morgan fingerprint density at radius 3 is 2.68 bits per heavy atom. The summed E-state index contributed by atoms with van der Waals surface area (Å²) in [7, 11) is 0. The van der Waals surface area contributed by atoms with Crippen molar-refractivity contribution in [3.8, 4) is 0 Å². The van der Waals surface area contributed by atoms with E-state index in [0.29, 0.717) is 15.7 Å². The molecule has 3 nitrogen and oxygen atoms in total. The minimum Gasteiger partial charge on any atom is -0.398 e. The fourth-order valence-corrected chi connectivity index (χ4v) is 1.98. The predicted molar refractivity (Wildman–Crippen MR) is 77.6 cm³/mol. The summed E-state index contributed by atoms with van der Waals surface area (Å²) in [6.45, 7) is 1.83. The Hall–Kier alpha value is -1.88. The highest BCUT2D eigenvalue weighted by molar-refractivity contribution is 9.10. The van der Waals surface area contributed by atoms with E-state index >= 15 is 0 Å². The molecule has 0 atom stereocenters. The Morgan fingerprint density at radius 2 is 2.00 bits per heavy atom. The molecule has 0 aliphatic carbocycles. The van der Waals surface area contributed by atoms with Crippen LogP contribution in [0.5, 0.6) is 0 Å². The van der Waals surface area contributed by atoms with Gasteiger partial charge in [-0.2, -0.15) is 0 Å². The molecule has 1 amide bonds. The van der Waals surface area contributed by atoms with E-state index in [2.05, 4.69) is 21.2 Å². The second kappa shape index (κ2) is 5.40. The van der Waals surface area contributed by atoms with Crippen LogP contribution in [0.2, 0.25) is 0 Å². The third kappa shape index (κ3) is 3.12. The second-order valence-electron chi connectivity index (χ2n) is 4.17. The van der Waals surface area contributed by atoms with Crippen molar-refractivity contribution in [2.75, 3.05) is 11.1 Å². The third-order valence-corrected chi connectivity index (χ3v) is 3.32. The van der Waals surface area contributed by atoms with Crippen LogP contribution < -0.4 is 11.1 Å². The van der Waals surface area contributed by atoms with Gasteiger partial charge in [0.1, 0.15) is 5.82 Å². The number of aryl methyl sites for hydroxylation is 1. The lowest BCUT2D eigenvalue weighted by Gasteiger charge is -2.08. The van der Waals surface area contributed by atoms with Crippen LogP contribution in [0, 0.1) is 12.7 Å². The van der Waals surface area contributed by atoms with E-state index in [0.717, 1.165) is 5.56 Å². The highest BCUT2D eigenvalue weighted by atomic mass is 79.9. The van der Waals surface area contributed by atoms with E-state index in [9.17, 15) is 9.18 Å². The molecule has 0 unspecified atom stereocenters. The number of carbonyl (C=O) groups excluding carboxylic acids is 1. The Morgan fingerprint density at radius 1 is 1.26 bits per heavy atom. The summed E-state index contributed by atoms with van der Waals surface area (Å²) >= 11 is 3.25. The first kappa shape index (κ1) is 13.5. The summed E-state index contributed by atoms with van der Waals surface area (Å²) in [6, 6.07) is 9.35. The van der Waals surface area contributed by atoms with Gasteiger partial charge < -0.3 is 11.1 Å². The summed E-state index contributed by atoms with van der Waals surface area (Å²) in [5.41, 5.74) is 7.63. The lowest BCUT2D eigenvalue weighted by Crippen LogP contribution is -2.13. The number of carbonyl (C=O) groups is 1. The second-order valence-corrected chi connectivity index (χ2v) is 5.03. The molecule has 0 aromatic heterocycles. The van der Waals surface area contributed by atoms with Gasteiger partial charge in [0.05, 0.1) is 5.69 Å². The van der Waals surface area contributed by atoms with Gasteiger partial charge in [0.2, 0.25) is 0 Å². The number of hydrogen-bond donors (Lipinski definition) is 2. The maximum Gasteiger partial charge on any atom is 0.255 e. The normalized spacial score (nSPS) is 10.3. The number of rotatable bonds is 2. The molecule has 0 bridgehead atoms. The van der Waals surface area contributed by atoms with Gasteiger partial charge >= 0.3 is 0 Å². The third-order valence-electron chi connectivity index (χ3n) is 2.63. The van der Waals surface area contributed by atoms with Gasteiger partial charge in [0.15, 0.2) is 0 Å². The standard InChI is InChI=1S/C14H12BrFN2O/c1-8-2-4-11(16)13(6-8)18-14(19)9-3-5-12(17)10(15)7-9/h2-7H,17H2,1H3,(H,18,19). The Bertz CT molecular complexity index is 643. The van der Waals surface area contributed by atoms with Crippen LogP contribution in [-0.2, 0) is 0 Å². The number of amides is 1. The van der Waals surface area contributed by atoms with Gasteiger partial charge in [-0.3, -0.25) is 4.79 Å². The summed E-state index contributed by atoms with van der Waals surface area (Å²) in [5.74, 6) is -0.848. The predicted octanol–water partition coefficient (Wildman–Crippen LogP) is 3.73. The average molecular weight is 323 g/mol. The Kier molecular flexibility index (Phi) is 3.85. The zero-order chi connectivity index (χ0) is 14.0. The van der Waals surface area contributed by atoms with Crippen LogP contribution in [-0.4, -0.2) is 5.91 Å². The highest BCUT2D eigenvalue weighted by Crippen LogP contribution is 2.22. The lowest BCUT2D eigenvalue weighted by atomic mass is 10.1. The molecule has 0 fully saturated rings. The molecule has 98 valence electrons. The number of hydrogen-bond acceptors (Lipinski definition) is 2. The van der Waals surface area contributed by atoms with Gasteiger partial charge in [0.25, 0.3) is 5.91 Å². The zero-order valence-corrected chi connectivity index (χ0v) is 11.8. The highest BCUT2D eigenvalue weighted by Gasteiger charge is 2.10. The fraction of sp³-hybridized carbons (Fsp3) is 0.0714. The van der Waals surface area contributed by atoms with Crippen LogP contribution in [0.25, 0.3) is 0 Å². The smallest absolute Gasteiger partial charge is 0.255 e. The number of benzene rings is 2. The first-order valence-electron chi connectivity index (χ1n) is 5.60. The molecular weight excluding hydrogens is 311 g/mol. The summed E-state index contributed by atoms with van der Waals surface area (Å²) in [4.78, 5) is 12.0. The minimum atomic E-state index is -0.464. The van der Waals surface area contributed by atoms with E-state index in [4.69, 9.17) is 5.73 Å². The number of nitrogens with one attached hydrogen (secondary N) is 1. The SMILES string of the molecule is Cc1ccc(F)c(NC(=O)c2ccc(N)c(Br)c2)c1. The molecule has 5 heteroatoms. The van der Waals surface area contributed by atoms with Gasteiger partial charge in [-0.15, -0.1) is 0 Å². The fourth-order valence-electron chi connectivity index (χ4n) is 1.60. The average Bonchev–Trinajstić information content (AvgIpc) is 2.37. The van der Waals surface area contributed by atoms with Crippen molar-refractivity contribution in [1.82, 2.24) is 0 Å². The molecule has 2 rings (SSSR count). The lowest BCUT2D eigenvalue weighted by molar-refractivity contribution is 0.102. The number of halogens is 2. The molecule has 3 N–H and O–H groups in total. The zero-order valence-electron chi connectivity index (χ0n) is 10.2. The van der Waals surface area contributed by atoms with Crippen LogP contribution >= 0.6 is 15.9 Å². The quantitative estimate of drug-likeness (QED) is 0.828. The summed E-state index contributed by atoms with van der Waals surface area (Å²) in [5, 5.41) is 2.54. The molecule has 0 aliphatic heterocycles. The van der Waals surface area contributed by atoms with Crippen LogP contribution in [0.3, 0.4) is 0 Å². The van der Waals surface area contributed by atoms with Crippen molar-refractivity contribution < 1.29 is 9.18 Å². The van der Waals surface area contributed by atoms with E-state index in [1.807, 2.05) is 6.92 Å². The number of nitrogen functional groups attached to an aromatic ring is 1. The molecule has 2 aromatic rings. The van der Waals surface area contributed by atoms with Crippen LogP contribution in [0.4, 0.5) is 15.8 Å². The largest absolute Gasteiger partial charge is 0.398 e. The molecule has 19 heavy (non-hydrogen) atoms. The monoisotopic (exact) mass is 322 g/mol. The van der Waals surface area contributed by atoms with Crippen molar-refractivity contribution >= 4 is 33.2 Å². The van der Waals surface area contributed by atoms with E-state index in [1.54, 1.807) is 30.3 Å². The van der Waals surface area contributed by atoms with Crippen LogP contribution in [0.1, 0.15) is 15.9 Å². The number of nitrogens with two attached hydrogens (primary N) is 1.